The molecule has 2 aromatic carbocycles. The van der Waals surface area contributed by atoms with Crippen molar-refractivity contribution in [1.82, 2.24) is 15.1 Å². The Kier molecular flexibility index (Phi) is 6.31. The van der Waals surface area contributed by atoms with E-state index in [1.54, 1.807) is 0 Å². The number of hydrogen-bond acceptors (Lipinski definition) is 3. The van der Waals surface area contributed by atoms with E-state index in [1.165, 1.54) is 5.56 Å². The number of likely N-dealkylation sites (tertiary alicyclic amines) is 1. The Balaban J connectivity index is 1.56. The minimum atomic E-state index is 0.191. The number of hydrogen-bond donors (Lipinski definition) is 1. The van der Waals surface area contributed by atoms with Crippen molar-refractivity contribution in [2.45, 2.75) is 45.2 Å². The zero-order chi connectivity index (χ0) is 20.2. The lowest BCUT2D eigenvalue weighted by Gasteiger charge is -2.45. The molecule has 1 N–H and O–H groups in total. The number of piperidine rings is 1. The van der Waals surface area contributed by atoms with Crippen molar-refractivity contribution in [1.29, 1.82) is 0 Å². The van der Waals surface area contributed by atoms with E-state index >= 15 is 0 Å². The van der Waals surface area contributed by atoms with Crippen LogP contribution in [0.15, 0.2) is 48.5 Å². The van der Waals surface area contributed by atoms with Crippen LogP contribution in [0.25, 0.3) is 0 Å². The number of rotatable bonds is 4. The molecule has 2 unspecified atom stereocenters. The molecule has 2 heterocycles. The summed E-state index contributed by atoms with van der Waals surface area (Å²) in [6.45, 7) is 9.37. The molecule has 2 atom stereocenters. The fraction of sp³-hybridized carbons (Fsp3) is 0.480. The highest BCUT2D eigenvalue weighted by atomic mass is 16.2. The highest BCUT2D eigenvalue weighted by molar-refractivity contribution is 5.95. The van der Waals surface area contributed by atoms with Crippen LogP contribution in [0.5, 0.6) is 0 Å². The van der Waals surface area contributed by atoms with E-state index in [4.69, 9.17) is 0 Å². The van der Waals surface area contributed by atoms with E-state index in [0.29, 0.717) is 6.04 Å². The number of carbonyl (C=O) groups is 1. The zero-order valence-corrected chi connectivity index (χ0v) is 17.7. The van der Waals surface area contributed by atoms with E-state index in [2.05, 4.69) is 65.4 Å². The fourth-order valence-corrected chi connectivity index (χ4v) is 5.02. The highest BCUT2D eigenvalue weighted by Gasteiger charge is 2.35. The van der Waals surface area contributed by atoms with Crippen molar-refractivity contribution in [2.24, 2.45) is 0 Å². The van der Waals surface area contributed by atoms with Crippen LogP contribution in [0.3, 0.4) is 0 Å². The van der Waals surface area contributed by atoms with Crippen molar-refractivity contribution >= 4 is 5.91 Å². The molecule has 4 heteroatoms. The molecule has 0 aromatic heterocycles. The maximum Gasteiger partial charge on any atom is 0.254 e. The molecule has 0 bridgehead atoms. The lowest BCUT2D eigenvalue weighted by atomic mass is 9.90. The Hall–Kier alpha value is -2.17. The van der Waals surface area contributed by atoms with Gasteiger partial charge < -0.3 is 10.2 Å². The van der Waals surface area contributed by atoms with Crippen LogP contribution < -0.4 is 5.32 Å². The maximum absolute atomic E-state index is 13.5. The van der Waals surface area contributed by atoms with E-state index in [-0.39, 0.29) is 11.9 Å². The summed E-state index contributed by atoms with van der Waals surface area (Å²) in [5.74, 6) is 0.191. The molecule has 4 rings (SSSR count). The Morgan fingerprint density at radius 3 is 2.38 bits per heavy atom. The Labute approximate surface area is 174 Å². The van der Waals surface area contributed by atoms with Gasteiger partial charge in [-0.05, 0) is 50.8 Å². The van der Waals surface area contributed by atoms with Gasteiger partial charge in [0.15, 0.2) is 0 Å². The van der Waals surface area contributed by atoms with Crippen LogP contribution in [0.1, 0.15) is 39.9 Å². The summed E-state index contributed by atoms with van der Waals surface area (Å²) >= 11 is 0. The van der Waals surface area contributed by atoms with Gasteiger partial charge in [-0.15, -0.1) is 0 Å². The average molecular weight is 392 g/mol. The molecular weight excluding hydrogens is 358 g/mol. The zero-order valence-electron chi connectivity index (χ0n) is 17.7. The van der Waals surface area contributed by atoms with Crippen molar-refractivity contribution in [3.8, 4) is 0 Å². The van der Waals surface area contributed by atoms with E-state index in [9.17, 15) is 4.79 Å². The second-order valence-electron chi connectivity index (χ2n) is 8.68. The summed E-state index contributed by atoms with van der Waals surface area (Å²) in [4.78, 5) is 18.3. The van der Waals surface area contributed by atoms with Gasteiger partial charge in [-0.3, -0.25) is 9.69 Å². The standard InChI is InChI=1S/C25H33N3O/c1-19-14-20(2)16-22(15-19)25(29)28-11-8-23(27-12-9-26-10-13-27)18-24(28)17-21-6-4-3-5-7-21/h3-7,14-16,23-24,26H,8-13,17-18H2,1-2H3. The van der Waals surface area contributed by atoms with Gasteiger partial charge in [-0.25, -0.2) is 0 Å². The van der Waals surface area contributed by atoms with E-state index < -0.39 is 0 Å². The summed E-state index contributed by atoms with van der Waals surface area (Å²) in [7, 11) is 0. The number of amides is 1. The van der Waals surface area contributed by atoms with Crippen LogP contribution in [-0.2, 0) is 6.42 Å². The molecule has 1 amide bonds. The van der Waals surface area contributed by atoms with E-state index in [1.807, 2.05) is 12.1 Å². The van der Waals surface area contributed by atoms with Gasteiger partial charge in [-0.2, -0.15) is 0 Å². The van der Waals surface area contributed by atoms with Crippen molar-refractivity contribution < 1.29 is 4.79 Å². The second kappa shape index (κ2) is 9.10. The normalized spacial score (nSPS) is 23.2. The van der Waals surface area contributed by atoms with Crippen molar-refractivity contribution in [2.75, 3.05) is 32.7 Å². The molecule has 0 radical (unpaired) electrons. The minimum Gasteiger partial charge on any atom is -0.335 e. The quantitative estimate of drug-likeness (QED) is 0.867. The number of nitrogens with one attached hydrogen (secondary N) is 1. The van der Waals surface area contributed by atoms with Crippen molar-refractivity contribution in [3.05, 3.63) is 70.8 Å². The molecule has 2 saturated heterocycles. The Morgan fingerprint density at radius 1 is 1.00 bits per heavy atom. The van der Waals surface area contributed by atoms with Crippen molar-refractivity contribution in [3.63, 3.8) is 0 Å². The number of nitrogens with zero attached hydrogens (tertiary/aromatic N) is 2. The lowest BCUT2D eigenvalue weighted by Crippen LogP contribution is -2.56. The first kappa shape index (κ1) is 20.1. The predicted octanol–water partition coefficient (Wildman–Crippen LogP) is 3.42. The highest BCUT2D eigenvalue weighted by Crippen LogP contribution is 2.27. The molecule has 2 aliphatic rings. The summed E-state index contributed by atoms with van der Waals surface area (Å²) in [5.41, 5.74) is 4.46. The minimum absolute atomic E-state index is 0.191. The first-order valence-electron chi connectivity index (χ1n) is 11.0. The molecular formula is C25H33N3O. The number of benzene rings is 2. The molecule has 0 spiro atoms. The summed E-state index contributed by atoms with van der Waals surface area (Å²) < 4.78 is 0. The molecule has 29 heavy (non-hydrogen) atoms. The van der Waals surface area contributed by atoms with Crippen LogP contribution in [-0.4, -0.2) is 60.5 Å². The predicted molar refractivity (Wildman–Crippen MR) is 118 cm³/mol. The largest absolute Gasteiger partial charge is 0.335 e. The SMILES string of the molecule is Cc1cc(C)cc(C(=O)N2CCC(N3CCNCC3)CC2Cc2ccccc2)c1. The average Bonchev–Trinajstić information content (AvgIpc) is 2.74. The van der Waals surface area contributed by atoms with Gasteiger partial charge in [0.05, 0.1) is 0 Å². The molecule has 0 aliphatic carbocycles. The van der Waals surface area contributed by atoms with Gasteiger partial charge in [0.25, 0.3) is 5.91 Å². The van der Waals surface area contributed by atoms with Crippen LogP contribution in [0, 0.1) is 13.8 Å². The third kappa shape index (κ3) is 4.88. The summed E-state index contributed by atoms with van der Waals surface area (Å²) in [6, 6.07) is 17.7. The first-order valence-corrected chi connectivity index (χ1v) is 11.0. The molecule has 2 aromatic rings. The van der Waals surface area contributed by atoms with Gasteiger partial charge in [0, 0.05) is 50.4 Å². The van der Waals surface area contributed by atoms with Gasteiger partial charge in [0.2, 0.25) is 0 Å². The van der Waals surface area contributed by atoms with Gasteiger partial charge in [-0.1, -0.05) is 47.5 Å². The van der Waals surface area contributed by atoms with Crippen LogP contribution >= 0.6 is 0 Å². The molecule has 154 valence electrons. The first-order chi connectivity index (χ1) is 14.1. The van der Waals surface area contributed by atoms with Crippen LogP contribution in [0.2, 0.25) is 0 Å². The molecule has 2 fully saturated rings. The topological polar surface area (TPSA) is 35.6 Å². The molecule has 0 saturated carbocycles. The van der Waals surface area contributed by atoms with Gasteiger partial charge >= 0.3 is 0 Å². The van der Waals surface area contributed by atoms with Crippen LogP contribution in [0.4, 0.5) is 0 Å². The Bertz CT molecular complexity index is 809. The van der Waals surface area contributed by atoms with E-state index in [0.717, 1.165) is 68.7 Å². The lowest BCUT2D eigenvalue weighted by molar-refractivity contribution is 0.0410. The number of piperazine rings is 1. The summed E-state index contributed by atoms with van der Waals surface area (Å²) in [5, 5.41) is 3.46. The maximum atomic E-state index is 13.5. The summed E-state index contributed by atoms with van der Waals surface area (Å²) in [6.07, 6.45) is 3.06. The fourth-order valence-electron chi connectivity index (χ4n) is 5.02. The Morgan fingerprint density at radius 2 is 1.69 bits per heavy atom. The second-order valence-corrected chi connectivity index (χ2v) is 8.68. The van der Waals surface area contributed by atoms with Gasteiger partial charge in [0.1, 0.15) is 0 Å². The third-order valence-electron chi connectivity index (χ3n) is 6.40. The monoisotopic (exact) mass is 391 g/mol. The number of aryl methyl sites for hydroxylation is 2. The third-order valence-corrected chi connectivity index (χ3v) is 6.40. The number of carbonyl (C=O) groups excluding carboxylic acids is 1. The smallest absolute Gasteiger partial charge is 0.254 e. The molecule has 2 aliphatic heterocycles. The molecule has 4 nitrogen and oxygen atoms in total.